The first kappa shape index (κ1) is 16.0. The van der Waals surface area contributed by atoms with Crippen LogP contribution < -0.4 is 0 Å². The number of rotatable bonds is 12. The van der Waals surface area contributed by atoms with Gasteiger partial charge in [-0.2, -0.15) is 0 Å². The minimum atomic E-state index is 0.828. The zero-order valence-electron chi connectivity index (χ0n) is 11.8. The molecule has 0 aliphatic heterocycles. The van der Waals surface area contributed by atoms with E-state index in [4.69, 9.17) is 4.74 Å². The van der Waals surface area contributed by atoms with Gasteiger partial charge in [0, 0.05) is 13.2 Å². The van der Waals surface area contributed by atoms with Gasteiger partial charge in [0.1, 0.15) is 0 Å². The van der Waals surface area contributed by atoms with E-state index in [-0.39, 0.29) is 0 Å². The Bertz CT molecular complexity index is 123. The molecule has 1 unspecified atom stereocenters. The van der Waals surface area contributed by atoms with E-state index in [9.17, 15) is 0 Å². The van der Waals surface area contributed by atoms with Crippen LogP contribution in [0.4, 0.5) is 0 Å². The van der Waals surface area contributed by atoms with Crippen LogP contribution in [0.3, 0.4) is 0 Å². The number of ether oxygens (including phenoxy) is 1. The summed E-state index contributed by atoms with van der Waals surface area (Å²) in [5.74, 6) is 0.828. The van der Waals surface area contributed by atoms with E-state index in [2.05, 4.69) is 20.8 Å². The van der Waals surface area contributed by atoms with Crippen LogP contribution in [0.1, 0.15) is 78.6 Å². The smallest absolute Gasteiger partial charge is 0.0468 e. The van der Waals surface area contributed by atoms with Crippen molar-refractivity contribution in [1.29, 1.82) is 0 Å². The Morgan fingerprint density at radius 1 is 0.812 bits per heavy atom. The molecule has 0 N–H and O–H groups in total. The zero-order valence-corrected chi connectivity index (χ0v) is 11.8. The van der Waals surface area contributed by atoms with E-state index in [0.717, 1.165) is 19.1 Å². The van der Waals surface area contributed by atoms with Gasteiger partial charge in [-0.3, -0.25) is 0 Å². The van der Waals surface area contributed by atoms with Crippen LogP contribution in [0.25, 0.3) is 0 Å². The van der Waals surface area contributed by atoms with E-state index in [1.54, 1.807) is 0 Å². The van der Waals surface area contributed by atoms with Crippen molar-refractivity contribution in [3.05, 3.63) is 0 Å². The maximum absolute atomic E-state index is 5.63. The molecule has 0 saturated carbocycles. The third kappa shape index (κ3) is 12.0. The van der Waals surface area contributed by atoms with Crippen LogP contribution in [0.5, 0.6) is 0 Å². The molecule has 0 aliphatic carbocycles. The molecule has 0 aliphatic rings. The summed E-state index contributed by atoms with van der Waals surface area (Å²) in [5, 5.41) is 0. The lowest BCUT2D eigenvalue weighted by atomic mass is 10.1. The second kappa shape index (κ2) is 13.0. The van der Waals surface area contributed by atoms with Crippen molar-refractivity contribution in [1.82, 2.24) is 0 Å². The maximum atomic E-state index is 5.63. The Morgan fingerprint density at radius 3 is 2.06 bits per heavy atom. The summed E-state index contributed by atoms with van der Waals surface area (Å²) in [7, 11) is 0. The Labute approximate surface area is 103 Å². The monoisotopic (exact) mass is 228 g/mol. The van der Waals surface area contributed by atoms with Gasteiger partial charge < -0.3 is 4.74 Å². The highest BCUT2D eigenvalue weighted by atomic mass is 16.5. The Morgan fingerprint density at radius 2 is 1.44 bits per heavy atom. The van der Waals surface area contributed by atoms with Gasteiger partial charge in [0.05, 0.1) is 0 Å². The molecule has 0 fully saturated rings. The first-order valence-corrected chi connectivity index (χ1v) is 7.39. The lowest BCUT2D eigenvalue weighted by molar-refractivity contribution is 0.117. The standard InChI is InChI=1S/C15H32O/c1-4-6-7-8-9-10-11-13-16-14-12-15(3)5-2/h15H,4-14H2,1-3H3. The molecule has 0 aromatic carbocycles. The van der Waals surface area contributed by atoms with Crippen molar-refractivity contribution < 1.29 is 4.74 Å². The molecule has 98 valence electrons. The first-order valence-electron chi connectivity index (χ1n) is 7.39. The average Bonchev–Trinajstić information content (AvgIpc) is 2.31. The summed E-state index contributed by atoms with van der Waals surface area (Å²) in [6.45, 7) is 8.76. The number of hydrogen-bond acceptors (Lipinski definition) is 1. The SMILES string of the molecule is CCCCCCCCCOCCC(C)CC. The van der Waals surface area contributed by atoms with Gasteiger partial charge in [0.25, 0.3) is 0 Å². The highest BCUT2D eigenvalue weighted by Crippen LogP contribution is 2.08. The average molecular weight is 228 g/mol. The van der Waals surface area contributed by atoms with Crippen molar-refractivity contribution >= 4 is 0 Å². The zero-order chi connectivity index (χ0) is 12.1. The molecule has 0 aromatic rings. The third-order valence-electron chi connectivity index (χ3n) is 3.34. The molecule has 0 amide bonds. The molecule has 0 bridgehead atoms. The minimum absolute atomic E-state index is 0.828. The second-order valence-electron chi connectivity index (χ2n) is 5.04. The van der Waals surface area contributed by atoms with Crippen LogP contribution in [-0.2, 0) is 4.74 Å². The van der Waals surface area contributed by atoms with Crippen molar-refractivity contribution in [2.24, 2.45) is 5.92 Å². The normalized spacial score (nSPS) is 12.9. The van der Waals surface area contributed by atoms with Gasteiger partial charge in [-0.25, -0.2) is 0 Å². The molecular weight excluding hydrogens is 196 g/mol. The summed E-state index contributed by atoms with van der Waals surface area (Å²) in [5.41, 5.74) is 0. The largest absolute Gasteiger partial charge is 0.381 e. The fraction of sp³-hybridized carbons (Fsp3) is 1.00. The van der Waals surface area contributed by atoms with Crippen LogP contribution >= 0.6 is 0 Å². The van der Waals surface area contributed by atoms with Crippen molar-refractivity contribution in [3.8, 4) is 0 Å². The topological polar surface area (TPSA) is 9.23 Å². The summed E-state index contributed by atoms with van der Waals surface area (Å²) < 4.78 is 5.63. The van der Waals surface area contributed by atoms with Gasteiger partial charge in [0.2, 0.25) is 0 Å². The maximum Gasteiger partial charge on any atom is 0.0468 e. The van der Waals surface area contributed by atoms with E-state index in [1.807, 2.05) is 0 Å². The quantitative estimate of drug-likeness (QED) is 0.418. The molecule has 0 radical (unpaired) electrons. The van der Waals surface area contributed by atoms with Crippen molar-refractivity contribution in [2.45, 2.75) is 78.6 Å². The first-order chi connectivity index (χ1) is 7.81. The van der Waals surface area contributed by atoms with Gasteiger partial charge in [-0.05, 0) is 18.8 Å². The van der Waals surface area contributed by atoms with Gasteiger partial charge in [0.15, 0.2) is 0 Å². The molecule has 1 nitrogen and oxygen atoms in total. The van der Waals surface area contributed by atoms with E-state index in [1.165, 1.54) is 57.8 Å². The molecule has 0 heterocycles. The minimum Gasteiger partial charge on any atom is -0.381 e. The number of unbranched alkanes of at least 4 members (excludes halogenated alkanes) is 6. The Kier molecular flexibility index (Phi) is 13.0. The lowest BCUT2D eigenvalue weighted by Gasteiger charge is -2.08. The fourth-order valence-electron chi connectivity index (χ4n) is 1.75. The second-order valence-corrected chi connectivity index (χ2v) is 5.04. The Balaban J connectivity index is 2.93. The molecule has 0 rings (SSSR count). The van der Waals surface area contributed by atoms with E-state index in [0.29, 0.717) is 0 Å². The Hall–Kier alpha value is -0.0400. The van der Waals surface area contributed by atoms with Gasteiger partial charge in [-0.15, -0.1) is 0 Å². The third-order valence-corrected chi connectivity index (χ3v) is 3.34. The molecule has 0 saturated heterocycles. The molecule has 1 heteroatoms. The van der Waals surface area contributed by atoms with E-state index < -0.39 is 0 Å². The van der Waals surface area contributed by atoms with Crippen LogP contribution in [0.2, 0.25) is 0 Å². The summed E-state index contributed by atoms with van der Waals surface area (Å²) in [6, 6.07) is 0. The number of hydrogen-bond donors (Lipinski definition) is 0. The lowest BCUT2D eigenvalue weighted by Crippen LogP contribution is -2.02. The molecular formula is C15H32O. The van der Waals surface area contributed by atoms with Crippen molar-refractivity contribution in [3.63, 3.8) is 0 Å². The van der Waals surface area contributed by atoms with Crippen molar-refractivity contribution in [2.75, 3.05) is 13.2 Å². The van der Waals surface area contributed by atoms with E-state index >= 15 is 0 Å². The summed E-state index contributed by atoms with van der Waals surface area (Å²) >= 11 is 0. The molecule has 16 heavy (non-hydrogen) atoms. The van der Waals surface area contributed by atoms with Crippen LogP contribution in [0.15, 0.2) is 0 Å². The predicted octanol–water partition coefficient (Wildman–Crippen LogP) is 5.19. The molecule has 0 spiro atoms. The van der Waals surface area contributed by atoms with Gasteiger partial charge >= 0.3 is 0 Å². The summed E-state index contributed by atoms with van der Waals surface area (Å²) in [4.78, 5) is 0. The molecule has 1 atom stereocenters. The van der Waals surface area contributed by atoms with Crippen LogP contribution in [-0.4, -0.2) is 13.2 Å². The summed E-state index contributed by atoms with van der Waals surface area (Å²) in [6.07, 6.45) is 12.1. The van der Waals surface area contributed by atoms with Gasteiger partial charge in [-0.1, -0.05) is 65.7 Å². The highest BCUT2D eigenvalue weighted by molar-refractivity contribution is 4.49. The predicted molar refractivity (Wildman–Crippen MR) is 72.9 cm³/mol. The fourth-order valence-corrected chi connectivity index (χ4v) is 1.75. The molecule has 0 aromatic heterocycles. The van der Waals surface area contributed by atoms with Crippen LogP contribution in [0, 0.1) is 5.92 Å². The highest BCUT2D eigenvalue weighted by Gasteiger charge is 1.97.